The number of rotatable bonds is 2. The lowest BCUT2D eigenvalue weighted by Gasteiger charge is -2.12. The van der Waals surface area contributed by atoms with E-state index in [1.807, 2.05) is 0 Å². The highest BCUT2D eigenvalue weighted by molar-refractivity contribution is 14.1. The molecule has 0 radical (unpaired) electrons. The Morgan fingerprint density at radius 3 is 2.37 bits per heavy atom. The number of benzene rings is 2. The fourth-order valence-electron chi connectivity index (χ4n) is 1.47. The fourth-order valence-corrected chi connectivity index (χ4v) is 2.20. The molecule has 2 aromatic carbocycles. The van der Waals surface area contributed by atoms with E-state index in [9.17, 15) is 13.2 Å². The summed E-state index contributed by atoms with van der Waals surface area (Å²) in [6.07, 6.45) is 0. The van der Waals surface area contributed by atoms with E-state index in [1.165, 1.54) is 6.07 Å². The van der Waals surface area contributed by atoms with E-state index in [2.05, 4.69) is 5.32 Å². The van der Waals surface area contributed by atoms with Crippen molar-refractivity contribution in [2.45, 2.75) is 0 Å². The molecule has 0 amide bonds. The summed E-state index contributed by atoms with van der Waals surface area (Å²) in [6.45, 7) is 0. The van der Waals surface area contributed by atoms with Crippen molar-refractivity contribution in [1.82, 2.24) is 0 Å². The SMILES string of the molecule is Nc1cc(I)c(F)cc1Nc1c(F)cc(F)cc1Cl. The molecule has 0 aromatic heterocycles. The Labute approximate surface area is 125 Å². The lowest BCUT2D eigenvalue weighted by molar-refractivity contribution is 0.586. The highest BCUT2D eigenvalue weighted by Crippen LogP contribution is 2.32. The van der Waals surface area contributed by atoms with Crippen LogP contribution in [0.1, 0.15) is 0 Å². The summed E-state index contributed by atoms with van der Waals surface area (Å²) in [6, 6.07) is 4.14. The first-order chi connectivity index (χ1) is 8.88. The summed E-state index contributed by atoms with van der Waals surface area (Å²) in [5.41, 5.74) is 5.92. The molecule has 19 heavy (non-hydrogen) atoms. The van der Waals surface area contributed by atoms with Gasteiger partial charge in [0.05, 0.1) is 25.7 Å². The zero-order valence-electron chi connectivity index (χ0n) is 9.28. The molecule has 7 heteroatoms. The summed E-state index contributed by atoms with van der Waals surface area (Å²) in [4.78, 5) is 0. The van der Waals surface area contributed by atoms with Crippen LogP contribution in [0, 0.1) is 21.0 Å². The second kappa shape index (κ2) is 5.46. The van der Waals surface area contributed by atoms with Gasteiger partial charge in [-0.05, 0) is 34.7 Å². The molecule has 0 spiro atoms. The van der Waals surface area contributed by atoms with Gasteiger partial charge in [0.2, 0.25) is 0 Å². The van der Waals surface area contributed by atoms with E-state index in [-0.39, 0.29) is 22.1 Å². The molecule has 0 unspecified atom stereocenters. The first-order valence-electron chi connectivity index (χ1n) is 5.04. The average molecular weight is 399 g/mol. The zero-order chi connectivity index (χ0) is 14.2. The van der Waals surface area contributed by atoms with Gasteiger partial charge in [-0.1, -0.05) is 11.6 Å². The van der Waals surface area contributed by atoms with Crippen molar-refractivity contribution in [2.75, 3.05) is 11.1 Å². The van der Waals surface area contributed by atoms with Gasteiger partial charge in [-0.2, -0.15) is 0 Å². The highest BCUT2D eigenvalue weighted by atomic mass is 127. The van der Waals surface area contributed by atoms with Crippen LogP contribution in [0.5, 0.6) is 0 Å². The monoisotopic (exact) mass is 398 g/mol. The molecule has 0 aliphatic heterocycles. The summed E-state index contributed by atoms with van der Waals surface area (Å²) < 4.78 is 40.3. The normalized spacial score (nSPS) is 10.6. The summed E-state index contributed by atoms with van der Waals surface area (Å²) >= 11 is 7.51. The fraction of sp³-hybridized carbons (Fsp3) is 0. The third-order valence-corrected chi connectivity index (χ3v) is 3.48. The number of nitrogens with two attached hydrogens (primary N) is 1. The van der Waals surface area contributed by atoms with Crippen LogP contribution in [-0.2, 0) is 0 Å². The van der Waals surface area contributed by atoms with Crippen molar-refractivity contribution in [3.05, 3.63) is 50.3 Å². The van der Waals surface area contributed by atoms with Crippen LogP contribution in [0.3, 0.4) is 0 Å². The van der Waals surface area contributed by atoms with Gasteiger partial charge in [0, 0.05) is 12.1 Å². The molecule has 0 fully saturated rings. The van der Waals surface area contributed by atoms with Crippen LogP contribution < -0.4 is 11.1 Å². The average Bonchev–Trinajstić information content (AvgIpc) is 2.29. The molecule has 0 saturated heterocycles. The van der Waals surface area contributed by atoms with Crippen molar-refractivity contribution in [3.63, 3.8) is 0 Å². The van der Waals surface area contributed by atoms with Crippen LogP contribution in [0.25, 0.3) is 0 Å². The summed E-state index contributed by atoms with van der Waals surface area (Å²) in [5.74, 6) is -2.19. The Morgan fingerprint density at radius 1 is 1.05 bits per heavy atom. The Kier molecular flexibility index (Phi) is 4.10. The summed E-state index contributed by atoms with van der Waals surface area (Å²) in [7, 11) is 0. The van der Waals surface area contributed by atoms with Gasteiger partial charge in [0.15, 0.2) is 5.82 Å². The minimum absolute atomic E-state index is 0.157. The topological polar surface area (TPSA) is 38.0 Å². The Balaban J connectivity index is 2.45. The van der Waals surface area contributed by atoms with Crippen molar-refractivity contribution >= 4 is 51.3 Å². The number of hydrogen-bond donors (Lipinski definition) is 2. The minimum atomic E-state index is -0.886. The van der Waals surface area contributed by atoms with E-state index < -0.39 is 17.5 Å². The molecular formula is C12H7ClF3IN2. The third kappa shape index (κ3) is 3.06. The number of anilines is 3. The number of nitrogens with one attached hydrogen (secondary N) is 1. The second-order valence-corrected chi connectivity index (χ2v) is 5.29. The zero-order valence-corrected chi connectivity index (χ0v) is 12.2. The van der Waals surface area contributed by atoms with Crippen LogP contribution in [0.4, 0.5) is 30.2 Å². The molecule has 0 bridgehead atoms. The molecule has 3 N–H and O–H groups in total. The number of hydrogen-bond acceptors (Lipinski definition) is 2. The molecule has 0 heterocycles. The maximum Gasteiger partial charge on any atom is 0.151 e. The van der Waals surface area contributed by atoms with Crippen LogP contribution in [-0.4, -0.2) is 0 Å². The van der Waals surface area contributed by atoms with Crippen molar-refractivity contribution in [3.8, 4) is 0 Å². The molecule has 2 nitrogen and oxygen atoms in total. The van der Waals surface area contributed by atoms with Gasteiger partial charge in [-0.15, -0.1) is 0 Å². The van der Waals surface area contributed by atoms with Gasteiger partial charge in [0.1, 0.15) is 11.6 Å². The van der Waals surface area contributed by atoms with Crippen LogP contribution in [0.2, 0.25) is 5.02 Å². The predicted molar refractivity (Wildman–Crippen MR) is 78.2 cm³/mol. The van der Waals surface area contributed by atoms with Gasteiger partial charge < -0.3 is 11.1 Å². The Morgan fingerprint density at radius 2 is 1.74 bits per heavy atom. The van der Waals surface area contributed by atoms with Gasteiger partial charge in [-0.3, -0.25) is 0 Å². The van der Waals surface area contributed by atoms with Crippen LogP contribution >= 0.6 is 34.2 Å². The van der Waals surface area contributed by atoms with Crippen molar-refractivity contribution in [1.29, 1.82) is 0 Å². The largest absolute Gasteiger partial charge is 0.397 e. The first-order valence-corrected chi connectivity index (χ1v) is 6.50. The highest BCUT2D eigenvalue weighted by Gasteiger charge is 2.13. The smallest absolute Gasteiger partial charge is 0.151 e. The molecule has 100 valence electrons. The van der Waals surface area contributed by atoms with E-state index in [0.717, 1.165) is 12.1 Å². The lowest BCUT2D eigenvalue weighted by Crippen LogP contribution is -2.01. The van der Waals surface area contributed by atoms with E-state index in [1.54, 1.807) is 22.6 Å². The molecule has 0 aliphatic carbocycles. The summed E-state index contributed by atoms with van der Waals surface area (Å²) in [5, 5.41) is 2.41. The van der Waals surface area contributed by atoms with Gasteiger partial charge in [-0.25, -0.2) is 13.2 Å². The standard InChI is InChI=1S/C12H7ClF3IN2/c13-6-1-5(14)2-8(16)12(6)19-11-3-7(15)9(17)4-10(11)18/h1-4,19H,18H2. The van der Waals surface area contributed by atoms with E-state index >= 15 is 0 Å². The molecule has 2 rings (SSSR count). The van der Waals surface area contributed by atoms with Crippen molar-refractivity contribution < 1.29 is 13.2 Å². The molecule has 0 saturated carbocycles. The minimum Gasteiger partial charge on any atom is -0.397 e. The maximum absolute atomic E-state index is 13.6. The Hall–Kier alpha value is -1.15. The molecule has 0 aliphatic rings. The predicted octanol–water partition coefficient (Wildman–Crippen LogP) is 4.69. The Bertz CT molecular complexity index is 626. The van der Waals surface area contributed by atoms with E-state index in [0.29, 0.717) is 9.64 Å². The van der Waals surface area contributed by atoms with Gasteiger partial charge >= 0.3 is 0 Å². The third-order valence-electron chi connectivity index (χ3n) is 2.36. The first kappa shape index (κ1) is 14.3. The molecule has 2 aromatic rings. The van der Waals surface area contributed by atoms with Crippen LogP contribution in [0.15, 0.2) is 24.3 Å². The van der Waals surface area contributed by atoms with Crippen molar-refractivity contribution in [2.24, 2.45) is 0 Å². The maximum atomic E-state index is 13.6. The second-order valence-electron chi connectivity index (χ2n) is 3.72. The quantitative estimate of drug-likeness (QED) is 0.569. The molecular weight excluding hydrogens is 391 g/mol. The van der Waals surface area contributed by atoms with Gasteiger partial charge in [0.25, 0.3) is 0 Å². The lowest BCUT2D eigenvalue weighted by atomic mass is 10.2. The number of nitrogen functional groups attached to an aromatic ring is 1. The van der Waals surface area contributed by atoms with E-state index in [4.69, 9.17) is 17.3 Å². The number of halogens is 5. The molecule has 0 atom stereocenters.